The van der Waals surface area contributed by atoms with Crippen LogP contribution in [0.4, 0.5) is 0 Å². The van der Waals surface area contributed by atoms with Crippen molar-refractivity contribution in [3.05, 3.63) is 60.8 Å². The Balaban J connectivity index is 4.30. The fourth-order valence-electron chi connectivity index (χ4n) is 4.60. The van der Waals surface area contributed by atoms with E-state index in [0.717, 1.165) is 89.9 Å². The summed E-state index contributed by atoms with van der Waals surface area (Å²) in [7, 11) is -4.38. The summed E-state index contributed by atoms with van der Waals surface area (Å²) in [5.41, 5.74) is 5.32. The second-order valence-electron chi connectivity index (χ2n) is 12.1. The Kier molecular flexibility index (Phi) is 33.9. The van der Waals surface area contributed by atoms with E-state index in [-0.39, 0.29) is 32.6 Å². The van der Waals surface area contributed by atoms with Crippen LogP contribution in [0, 0.1) is 0 Å². The molecule has 0 aliphatic rings. The monoisotopic (exact) mass is 709 g/mol. The molecule has 49 heavy (non-hydrogen) atoms. The summed E-state index contributed by atoms with van der Waals surface area (Å²) < 4.78 is 32.6. The highest BCUT2D eigenvalue weighted by Crippen LogP contribution is 2.43. The molecule has 0 heterocycles. The Hall–Kier alpha value is -2.29. The summed E-state index contributed by atoms with van der Waals surface area (Å²) in [6.07, 6.45) is 39.7. The predicted octanol–water partition coefficient (Wildman–Crippen LogP) is 10.2. The Bertz CT molecular complexity index is 992. The number of ether oxygens (including phenoxy) is 2. The molecule has 0 aliphatic carbocycles. The number of rotatable bonds is 34. The van der Waals surface area contributed by atoms with Gasteiger partial charge >= 0.3 is 19.8 Å². The van der Waals surface area contributed by atoms with Gasteiger partial charge in [0.05, 0.1) is 13.2 Å². The second-order valence-corrected chi connectivity index (χ2v) is 13.5. The van der Waals surface area contributed by atoms with E-state index in [4.69, 9.17) is 24.3 Å². The highest BCUT2D eigenvalue weighted by Gasteiger charge is 2.25. The molecular formula is C39H68NO8P. The Morgan fingerprint density at radius 3 is 1.69 bits per heavy atom. The van der Waals surface area contributed by atoms with Crippen molar-refractivity contribution in [1.82, 2.24) is 0 Å². The zero-order chi connectivity index (χ0) is 36.1. The van der Waals surface area contributed by atoms with Gasteiger partial charge in [-0.3, -0.25) is 18.6 Å². The minimum Gasteiger partial charge on any atom is -0.462 e. The molecule has 0 saturated heterocycles. The quantitative estimate of drug-likeness (QED) is 0.0290. The number of phosphoric acid groups is 1. The fraction of sp³-hybridized carbons (Fsp3) is 0.692. The molecule has 0 bridgehead atoms. The number of phosphoric ester groups is 1. The van der Waals surface area contributed by atoms with Crippen LogP contribution in [-0.4, -0.2) is 49.3 Å². The van der Waals surface area contributed by atoms with Crippen molar-refractivity contribution in [2.45, 2.75) is 148 Å². The van der Waals surface area contributed by atoms with E-state index in [1.807, 2.05) is 0 Å². The topological polar surface area (TPSA) is 134 Å². The molecule has 0 radical (unpaired) electrons. The van der Waals surface area contributed by atoms with Crippen LogP contribution in [0.5, 0.6) is 0 Å². The van der Waals surface area contributed by atoms with Gasteiger partial charge in [0.1, 0.15) is 6.61 Å². The van der Waals surface area contributed by atoms with E-state index < -0.39 is 32.5 Å². The third-order valence-corrected chi connectivity index (χ3v) is 8.37. The van der Waals surface area contributed by atoms with E-state index in [0.29, 0.717) is 12.8 Å². The van der Waals surface area contributed by atoms with Crippen LogP contribution in [0.1, 0.15) is 142 Å². The SMILES string of the molecule is CCC=CCC=CCC=CCC=CCCCCCCC(=O)OC(COC(=O)CCCCCCCC=CCCCC)COP(=O)(O)OCCN. The number of carbonyl (C=O) groups excluding carboxylic acids is 2. The van der Waals surface area contributed by atoms with Crippen molar-refractivity contribution >= 4 is 19.8 Å². The molecule has 0 aromatic rings. The first-order valence-corrected chi connectivity index (χ1v) is 20.3. The normalized spacial score (nSPS) is 14.1. The summed E-state index contributed by atoms with van der Waals surface area (Å²) >= 11 is 0. The van der Waals surface area contributed by atoms with Crippen molar-refractivity contribution in [3.63, 3.8) is 0 Å². The Labute approximate surface area is 298 Å². The maximum atomic E-state index is 12.5. The summed E-state index contributed by atoms with van der Waals surface area (Å²) in [5, 5.41) is 0. The first-order chi connectivity index (χ1) is 23.8. The van der Waals surface area contributed by atoms with E-state index in [1.165, 1.54) is 12.8 Å². The van der Waals surface area contributed by atoms with Crippen LogP contribution in [0.3, 0.4) is 0 Å². The molecule has 0 amide bonds. The molecule has 0 aromatic carbocycles. The number of allylic oxidation sites excluding steroid dienone is 10. The molecule has 0 saturated carbocycles. The first-order valence-electron chi connectivity index (χ1n) is 18.8. The molecule has 0 rings (SSSR count). The van der Waals surface area contributed by atoms with E-state index >= 15 is 0 Å². The molecule has 2 unspecified atom stereocenters. The second kappa shape index (κ2) is 35.5. The van der Waals surface area contributed by atoms with Gasteiger partial charge in [-0.2, -0.15) is 0 Å². The fourth-order valence-corrected chi connectivity index (χ4v) is 5.37. The van der Waals surface area contributed by atoms with Gasteiger partial charge in [-0.15, -0.1) is 0 Å². The zero-order valence-electron chi connectivity index (χ0n) is 30.7. The number of esters is 2. The van der Waals surface area contributed by atoms with Gasteiger partial charge < -0.3 is 20.1 Å². The van der Waals surface area contributed by atoms with Gasteiger partial charge in [-0.25, -0.2) is 4.57 Å². The van der Waals surface area contributed by atoms with Crippen molar-refractivity contribution < 1.29 is 37.6 Å². The summed E-state index contributed by atoms with van der Waals surface area (Å²) in [6, 6.07) is 0. The smallest absolute Gasteiger partial charge is 0.462 e. The Morgan fingerprint density at radius 1 is 0.633 bits per heavy atom. The first kappa shape index (κ1) is 46.7. The predicted molar refractivity (Wildman–Crippen MR) is 201 cm³/mol. The molecule has 10 heteroatoms. The number of hydrogen-bond donors (Lipinski definition) is 2. The lowest BCUT2D eigenvalue weighted by Gasteiger charge is -2.19. The van der Waals surface area contributed by atoms with Crippen LogP contribution >= 0.6 is 7.82 Å². The third-order valence-electron chi connectivity index (χ3n) is 7.39. The third kappa shape index (κ3) is 35.3. The van der Waals surface area contributed by atoms with Gasteiger partial charge in [-0.05, 0) is 70.6 Å². The number of hydrogen-bond acceptors (Lipinski definition) is 8. The summed E-state index contributed by atoms with van der Waals surface area (Å²) in [6.45, 7) is 3.51. The number of carbonyl (C=O) groups is 2. The van der Waals surface area contributed by atoms with Gasteiger partial charge in [0.25, 0.3) is 0 Å². The lowest BCUT2D eigenvalue weighted by atomic mass is 10.1. The van der Waals surface area contributed by atoms with E-state index in [9.17, 15) is 19.0 Å². The molecule has 2 atom stereocenters. The van der Waals surface area contributed by atoms with Crippen LogP contribution in [0.2, 0.25) is 0 Å². The van der Waals surface area contributed by atoms with E-state index in [1.54, 1.807) is 0 Å². The van der Waals surface area contributed by atoms with Crippen LogP contribution in [0.15, 0.2) is 60.8 Å². The van der Waals surface area contributed by atoms with Crippen molar-refractivity contribution in [3.8, 4) is 0 Å². The minimum atomic E-state index is -4.38. The van der Waals surface area contributed by atoms with Crippen LogP contribution in [0.25, 0.3) is 0 Å². The average Bonchev–Trinajstić information content (AvgIpc) is 3.08. The maximum Gasteiger partial charge on any atom is 0.472 e. The molecule has 0 aromatic heterocycles. The molecule has 3 N–H and O–H groups in total. The largest absolute Gasteiger partial charge is 0.472 e. The highest BCUT2D eigenvalue weighted by atomic mass is 31.2. The molecule has 282 valence electrons. The molecule has 0 spiro atoms. The molecule has 9 nitrogen and oxygen atoms in total. The highest BCUT2D eigenvalue weighted by molar-refractivity contribution is 7.47. The number of nitrogens with two attached hydrogens (primary N) is 1. The van der Waals surface area contributed by atoms with Gasteiger partial charge in [-0.1, -0.05) is 120 Å². The van der Waals surface area contributed by atoms with Crippen molar-refractivity contribution in [2.75, 3.05) is 26.4 Å². The zero-order valence-corrected chi connectivity index (χ0v) is 31.5. The number of unbranched alkanes of at least 4 members (excludes halogenated alkanes) is 11. The van der Waals surface area contributed by atoms with Crippen LogP contribution < -0.4 is 5.73 Å². The molecular weight excluding hydrogens is 641 g/mol. The summed E-state index contributed by atoms with van der Waals surface area (Å²) in [5.74, 6) is -0.876. The lowest BCUT2D eigenvalue weighted by molar-refractivity contribution is -0.161. The standard InChI is InChI=1S/C39H68NO8P/c1-3-5-7-9-11-13-15-16-17-18-19-20-22-24-26-28-30-32-39(42)48-37(36-47-49(43,44)46-34-33-40)35-45-38(41)31-29-27-25-23-21-14-12-10-8-6-4-2/h5,7,10-13,16-17,19-20,37H,3-4,6,8-9,14-15,18,21-36,40H2,1-2H3,(H,43,44). The summed E-state index contributed by atoms with van der Waals surface area (Å²) in [4.78, 5) is 34.7. The van der Waals surface area contributed by atoms with Crippen LogP contribution in [-0.2, 0) is 32.7 Å². The van der Waals surface area contributed by atoms with Crippen molar-refractivity contribution in [2.24, 2.45) is 5.73 Å². The molecule has 0 fully saturated rings. The van der Waals surface area contributed by atoms with E-state index in [2.05, 4.69) is 74.6 Å². The minimum absolute atomic E-state index is 0.0451. The molecule has 0 aliphatic heterocycles. The van der Waals surface area contributed by atoms with Gasteiger partial charge in [0.15, 0.2) is 6.10 Å². The lowest BCUT2D eigenvalue weighted by Crippen LogP contribution is -2.29. The van der Waals surface area contributed by atoms with Gasteiger partial charge in [0, 0.05) is 19.4 Å². The van der Waals surface area contributed by atoms with Crippen molar-refractivity contribution in [1.29, 1.82) is 0 Å². The van der Waals surface area contributed by atoms with Gasteiger partial charge in [0.2, 0.25) is 0 Å². The Morgan fingerprint density at radius 2 is 1.12 bits per heavy atom. The maximum absolute atomic E-state index is 12.5. The average molecular weight is 710 g/mol.